The van der Waals surface area contributed by atoms with E-state index in [2.05, 4.69) is 20.5 Å². The van der Waals surface area contributed by atoms with Crippen LogP contribution in [0.15, 0.2) is 10.6 Å². The van der Waals surface area contributed by atoms with Gasteiger partial charge in [-0.2, -0.15) is 0 Å². The van der Waals surface area contributed by atoms with Gasteiger partial charge in [0.1, 0.15) is 11.8 Å². The third-order valence-electron chi connectivity index (χ3n) is 1.79. The van der Waals surface area contributed by atoms with Gasteiger partial charge in [-0.1, -0.05) is 5.16 Å². The molecule has 0 aromatic carbocycles. The van der Waals surface area contributed by atoms with Crippen LogP contribution in [0.5, 0.6) is 0 Å². The number of hydrogen-bond donors (Lipinski definition) is 2. The number of aryl methyl sites for hydroxylation is 1. The van der Waals surface area contributed by atoms with E-state index in [0.717, 1.165) is 0 Å². The Balaban J connectivity index is 2.49. The van der Waals surface area contributed by atoms with Crippen molar-refractivity contribution in [2.45, 2.75) is 19.9 Å². The molecule has 1 aromatic heterocycles. The summed E-state index contributed by atoms with van der Waals surface area (Å²) in [4.78, 5) is 22.3. The fourth-order valence-corrected chi connectivity index (χ4v) is 0.961. The zero-order valence-corrected chi connectivity index (χ0v) is 9.23. The first kappa shape index (κ1) is 12.0. The van der Waals surface area contributed by atoms with E-state index >= 15 is 0 Å². The Labute approximate surface area is 92.1 Å². The Hall–Kier alpha value is -2.05. The van der Waals surface area contributed by atoms with Crippen LogP contribution in [0.25, 0.3) is 0 Å². The summed E-state index contributed by atoms with van der Waals surface area (Å²) < 4.78 is 9.13. The Morgan fingerprint density at radius 2 is 2.25 bits per heavy atom. The van der Waals surface area contributed by atoms with Gasteiger partial charge >= 0.3 is 6.09 Å². The molecule has 88 valence electrons. The van der Waals surface area contributed by atoms with Crippen molar-refractivity contribution in [1.82, 2.24) is 10.5 Å². The molecule has 0 bridgehead atoms. The van der Waals surface area contributed by atoms with Gasteiger partial charge in [0.2, 0.25) is 5.91 Å². The van der Waals surface area contributed by atoms with E-state index < -0.39 is 18.0 Å². The van der Waals surface area contributed by atoms with Crippen molar-refractivity contribution in [2.24, 2.45) is 0 Å². The highest BCUT2D eigenvalue weighted by molar-refractivity contribution is 5.95. The predicted octanol–water partition coefficient (Wildman–Crippen LogP) is 0.666. The van der Waals surface area contributed by atoms with Gasteiger partial charge in [0, 0.05) is 6.07 Å². The smallest absolute Gasteiger partial charge is 0.407 e. The molecule has 2 amide bonds. The number of nitrogens with one attached hydrogen (secondary N) is 2. The molecule has 2 N–H and O–H groups in total. The first-order valence-electron chi connectivity index (χ1n) is 4.61. The van der Waals surface area contributed by atoms with Crippen LogP contribution in [-0.4, -0.2) is 30.3 Å². The highest BCUT2D eigenvalue weighted by atomic mass is 16.5. The minimum Gasteiger partial charge on any atom is -0.453 e. The first-order valence-corrected chi connectivity index (χ1v) is 4.61. The standard InChI is InChI=1S/C9H13N3O4/c1-5-4-7(12-16-5)11-8(13)6(2)10-9(14)15-3/h4,6H,1-3H3,(H,10,14)(H,11,12,13)/t6-/m0/s1. The molecule has 0 saturated carbocycles. The van der Waals surface area contributed by atoms with E-state index in [-0.39, 0.29) is 0 Å². The molecule has 1 heterocycles. The molecular formula is C9H13N3O4. The van der Waals surface area contributed by atoms with E-state index in [1.807, 2.05) is 0 Å². The number of anilines is 1. The zero-order valence-electron chi connectivity index (χ0n) is 9.23. The van der Waals surface area contributed by atoms with Crippen LogP contribution in [-0.2, 0) is 9.53 Å². The third-order valence-corrected chi connectivity index (χ3v) is 1.79. The van der Waals surface area contributed by atoms with Crippen LogP contribution in [0.2, 0.25) is 0 Å². The van der Waals surface area contributed by atoms with Gasteiger partial charge in [0.25, 0.3) is 0 Å². The second kappa shape index (κ2) is 5.15. The van der Waals surface area contributed by atoms with Crippen molar-refractivity contribution in [2.75, 3.05) is 12.4 Å². The van der Waals surface area contributed by atoms with E-state index in [0.29, 0.717) is 11.6 Å². The van der Waals surface area contributed by atoms with E-state index in [1.165, 1.54) is 14.0 Å². The summed E-state index contributed by atoms with van der Waals surface area (Å²) in [5.41, 5.74) is 0. The van der Waals surface area contributed by atoms with E-state index in [4.69, 9.17) is 4.52 Å². The number of hydrogen-bond acceptors (Lipinski definition) is 5. The van der Waals surface area contributed by atoms with Crippen LogP contribution < -0.4 is 10.6 Å². The number of methoxy groups -OCH3 is 1. The monoisotopic (exact) mass is 227 g/mol. The van der Waals surface area contributed by atoms with E-state index in [9.17, 15) is 9.59 Å². The minimum atomic E-state index is -0.718. The fraction of sp³-hybridized carbons (Fsp3) is 0.444. The molecule has 0 fully saturated rings. The Morgan fingerprint density at radius 3 is 2.75 bits per heavy atom. The summed E-state index contributed by atoms with van der Waals surface area (Å²) in [6.45, 7) is 3.23. The fourth-order valence-electron chi connectivity index (χ4n) is 0.961. The quantitative estimate of drug-likeness (QED) is 0.791. The van der Waals surface area contributed by atoms with Crippen LogP contribution in [0, 0.1) is 6.92 Å². The highest BCUT2D eigenvalue weighted by Crippen LogP contribution is 2.07. The molecular weight excluding hydrogens is 214 g/mol. The maximum atomic E-state index is 11.5. The molecule has 0 radical (unpaired) electrons. The van der Waals surface area contributed by atoms with Gasteiger partial charge in [-0.15, -0.1) is 0 Å². The first-order chi connectivity index (χ1) is 7.52. The average molecular weight is 227 g/mol. The Bertz CT molecular complexity index is 388. The summed E-state index contributed by atoms with van der Waals surface area (Å²) in [6, 6.07) is 0.854. The molecule has 7 heteroatoms. The summed E-state index contributed by atoms with van der Waals surface area (Å²) in [5.74, 6) is 0.489. The largest absolute Gasteiger partial charge is 0.453 e. The minimum absolute atomic E-state index is 0.306. The molecule has 0 spiro atoms. The van der Waals surface area contributed by atoms with Crippen molar-refractivity contribution in [3.63, 3.8) is 0 Å². The third kappa shape index (κ3) is 3.26. The molecule has 0 aliphatic heterocycles. The second-order valence-electron chi connectivity index (χ2n) is 3.17. The summed E-state index contributed by atoms with van der Waals surface area (Å²) in [6.07, 6.45) is -0.668. The van der Waals surface area contributed by atoms with E-state index in [1.54, 1.807) is 13.0 Å². The number of alkyl carbamates (subject to hydrolysis) is 1. The molecule has 1 aromatic rings. The van der Waals surface area contributed by atoms with Crippen molar-refractivity contribution in [3.05, 3.63) is 11.8 Å². The van der Waals surface area contributed by atoms with Gasteiger partial charge in [0.15, 0.2) is 5.82 Å². The Morgan fingerprint density at radius 1 is 1.56 bits per heavy atom. The topological polar surface area (TPSA) is 93.5 Å². The average Bonchev–Trinajstić information content (AvgIpc) is 2.63. The molecule has 7 nitrogen and oxygen atoms in total. The lowest BCUT2D eigenvalue weighted by molar-refractivity contribution is -0.117. The molecule has 0 aliphatic carbocycles. The number of amides is 2. The Kier molecular flexibility index (Phi) is 3.87. The maximum Gasteiger partial charge on any atom is 0.407 e. The van der Waals surface area contributed by atoms with Gasteiger partial charge < -0.3 is 19.9 Å². The number of carbonyl (C=O) groups is 2. The van der Waals surface area contributed by atoms with Crippen LogP contribution in [0.3, 0.4) is 0 Å². The normalized spacial score (nSPS) is 11.7. The summed E-state index contributed by atoms with van der Waals surface area (Å²) in [7, 11) is 1.22. The van der Waals surface area contributed by atoms with Gasteiger partial charge in [-0.3, -0.25) is 4.79 Å². The van der Waals surface area contributed by atoms with Crippen LogP contribution >= 0.6 is 0 Å². The van der Waals surface area contributed by atoms with Crippen molar-refractivity contribution < 1.29 is 18.8 Å². The number of nitrogens with zero attached hydrogens (tertiary/aromatic N) is 1. The molecule has 1 rings (SSSR count). The summed E-state index contributed by atoms with van der Waals surface area (Å²) in [5, 5.41) is 8.39. The molecule has 0 saturated heterocycles. The zero-order chi connectivity index (χ0) is 12.1. The number of carbonyl (C=O) groups excluding carboxylic acids is 2. The molecule has 16 heavy (non-hydrogen) atoms. The number of aromatic nitrogens is 1. The molecule has 0 unspecified atom stereocenters. The SMILES string of the molecule is COC(=O)N[C@@H](C)C(=O)Nc1cc(C)on1. The van der Waals surface area contributed by atoms with Gasteiger partial charge in [-0.05, 0) is 13.8 Å². The van der Waals surface area contributed by atoms with Crippen LogP contribution in [0.1, 0.15) is 12.7 Å². The van der Waals surface area contributed by atoms with Gasteiger partial charge in [-0.25, -0.2) is 4.79 Å². The van der Waals surface area contributed by atoms with Crippen LogP contribution in [0.4, 0.5) is 10.6 Å². The van der Waals surface area contributed by atoms with Crippen molar-refractivity contribution >= 4 is 17.8 Å². The summed E-state index contributed by atoms with van der Waals surface area (Å²) >= 11 is 0. The number of rotatable bonds is 3. The lowest BCUT2D eigenvalue weighted by Crippen LogP contribution is -2.41. The maximum absolute atomic E-state index is 11.5. The van der Waals surface area contributed by atoms with Crippen molar-refractivity contribution in [1.29, 1.82) is 0 Å². The molecule has 1 atom stereocenters. The predicted molar refractivity (Wildman–Crippen MR) is 54.9 cm³/mol. The van der Waals surface area contributed by atoms with Gasteiger partial charge in [0.05, 0.1) is 7.11 Å². The van der Waals surface area contributed by atoms with Crippen molar-refractivity contribution in [3.8, 4) is 0 Å². The highest BCUT2D eigenvalue weighted by Gasteiger charge is 2.16. The molecule has 0 aliphatic rings. The number of ether oxygens (including phenoxy) is 1. The lowest BCUT2D eigenvalue weighted by Gasteiger charge is -2.11. The second-order valence-corrected chi connectivity index (χ2v) is 3.17. The lowest BCUT2D eigenvalue weighted by atomic mass is 10.3.